The van der Waals surface area contributed by atoms with Crippen molar-refractivity contribution in [3.63, 3.8) is 0 Å². The summed E-state index contributed by atoms with van der Waals surface area (Å²) in [4.78, 5) is 23.9. The molecule has 0 aliphatic rings. The molecule has 0 saturated carbocycles. The van der Waals surface area contributed by atoms with Gasteiger partial charge in [0.25, 0.3) is 0 Å². The standard InChI is InChI=1S/C22H19F3N2O3/c23-22(24,25)15-7-4-8-16(13-15)27-21(30)20(29)26-12-11-19(28)18-10-3-6-14-5-1-2-9-17(14)18/h1-10,13,19,28H,11-12H2,(H,26,29)(H,27,30). The molecule has 3 aromatic carbocycles. The highest BCUT2D eigenvalue weighted by Crippen LogP contribution is 2.30. The van der Waals surface area contributed by atoms with E-state index in [1.807, 2.05) is 36.4 Å². The predicted octanol–water partition coefficient (Wildman–Crippen LogP) is 4.04. The van der Waals surface area contributed by atoms with Crippen LogP contribution in [0, 0.1) is 0 Å². The maximum absolute atomic E-state index is 12.7. The van der Waals surface area contributed by atoms with Gasteiger partial charge in [-0.3, -0.25) is 9.59 Å². The number of alkyl halides is 3. The Kier molecular flexibility index (Phi) is 6.37. The zero-order chi connectivity index (χ0) is 21.7. The molecule has 3 rings (SSSR count). The summed E-state index contributed by atoms with van der Waals surface area (Å²) in [7, 11) is 0. The fourth-order valence-electron chi connectivity index (χ4n) is 3.06. The Morgan fingerprint density at radius 3 is 2.40 bits per heavy atom. The van der Waals surface area contributed by atoms with Crippen molar-refractivity contribution in [2.24, 2.45) is 0 Å². The number of fused-ring (bicyclic) bond motifs is 1. The molecule has 0 radical (unpaired) electrons. The van der Waals surface area contributed by atoms with Gasteiger partial charge in [-0.25, -0.2) is 0 Å². The van der Waals surface area contributed by atoms with Crippen molar-refractivity contribution in [3.05, 3.63) is 77.9 Å². The van der Waals surface area contributed by atoms with Gasteiger partial charge in [-0.15, -0.1) is 0 Å². The number of halogens is 3. The maximum Gasteiger partial charge on any atom is 0.416 e. The summed E-state index contributed by atoms with van der Waals surface area (Å²) in [5.74, 6) is -2.09. The minimum atomic E-state index is -4.55. The average Bonchev–Trinajstić information content (AvgIpc) is 2.72. The number of benzene rings is 3. The lowest BCUT2D eigenvalue weighted by Gasteiger charge is -2.14. The number of aliphatic hydroxyl groups excluding tert-OH is 1. The molecule has 5 nitrogen and oxygen atoms in total. The number of hydrogen-bond acceptors (Lipinski definition) is 3. The summed E-state index contributed by atoms with van der Waals surface area (Å²) in [6, 6.07) is 17.1. The van der Waals surface area contributed by atoms with E-state index in [1.165, 1.54) is 6.07 Å². The second-order valence-corrected chi connectivity index (χ2v) is 6.66. The molecule has 8 heteroatoms. The minimum Gasteiger partial charge on any atom is -0.388 e. The van der Waals surface area contributed by atoms with Gasteiger partial charge in [-0.1, -0.05) is 48.5 Å². The number of anilines is 1. The zero-order valence-electron chi connectivity index (χ0n) is 15.7. The molecule has 0 aromatic heterocycles. The van der Waals surface area contributed by atoms with E-state index in [-0.39, 0.29) is 18.7 Å². The highest BCUT2D eigenvalue weighted by molar-refractivity contribution is 6.39. The fourth-order valence-corrected chi connectivity index (χ4v) is 3.06. The molecule has 156 valence electrons. The highest BCUT2D eigenvalue weighted by Gasteiger charge is 2.30. The molecule has 0 bridgehead atoms. The fraction of sp³-hybridized carbons (Fsp3) is 0.182. The van der Waals surface area contributed by atoms with Crippen LogP contribution in [-0.4, -0.2) is 23.5 Å². The summed E-state index contributed by atoms with van der Waals surface area (Å²) in [5.41, 5.74) is -0.365. The van der Waals surface area contributed by atoms with E-state index in [0.717, 1.165) is 29.0 Å². The lowest BCUT2D eigenvalue weighted by atomic mass is 9.99. The number of carbonyl (C=O) groups excluding carboxylic acids is 2. The quantitative estimate of drug-likeness (QED) is 0.550. The Hall–Kier alpha value is -3.39. The van der Waals surface area contributed by atoms with Crippen LogP contribution >= 0.6 is 0 Å². The molecule has 0 saturated heterocycles. The first-order chi connectivity index (χ1) is 14.3. The molecular formula is C22H19F3N2O3. The molecule has 0 aliphatic carbocycles. The van der Waals surface area contributed by atoms with Crippen LogP contribution < -0.4 is 10.6 Å². The van der Waals surface area contributed by atoms with Crippen LogP contribution in [0.15, 0.2) is 66.7 Å². The lowest BCUT2D eigenvalue weighted by Crippen LogP contribution is -2.36. The van der Waals surface area contributed by atoms with Crippen molar-refractivity contribution >= 4 is 28.3 Å². The summed E-state index contributed by atoms with van der Waals surface area (Å²) in [6.45, 7) is 0.0131. The maximum atomic E-state index is 12.7. The minimum absolute atomic E-state index is 0.0131. The van der Waals surface area contributed by atoms with Crippen LogP contribution in [0.1, 0.15) is 23.7 Å². The summed E-state index contributed by atoms with van der Waals surface area (Å²) >= 11 is 0. The van der Waals surface area contributed by atoms with Gasteiger partial charge >= 0.3 is 18.0 Å². The first kappa shape index (κ1) is 21.3. The largest absolute Gasteiger partial charge is 0.416 e. The zero-order valence-corrected chi connectivity index (χ0v) is 15.7. The second kappa shape index (κ2) is 8.96. The van der Waals surface area contributed by atoms with Gasteiger partial charge in [0.05, 0.1) is 11.7 Å². The monoisotopic (exact) mass is 416 g/mol. The second-order valence-electron chi connectivity index (χ2n) is 6.66. The van der Waals surface area contributed by atoms with Crippen molar-refractivity contribution < 1.29 is 27.9 Å². The average molecular weight is 416 g/mol. The summed E-state index contributed by atoms with van der Waals surface area (Å²) in [6.07, 6.45) is -5.25. The Balaban J connectivity index is 1.55. The number of nitrogens with one attached hydrogen (secondary N) is 2. The van der Waals surface area contributed by atoms with E-state index in [9.17, 15) is 27.9 Å². The number of aliphatic hydroxyl groups is 1. The molecule has 30 heavy (non-hydrogen) atoms. The van der Waals surface area contributed by atoms with Crippen molar-refractivity contribution in [1.29, 1.82) is 0 Å². The van der Waals surface area contributed by atoms with Gasteiger partial charge in [0.1, 0.15) is 0 Å². The SMILES string of the molecule is O=C(NCCC(O)c1cccc2ccccc12)C(=O)Nc1cccc(C(F)(F)F)c1. The summed E-state index contributed by atoms with van der Waals surface area (Å²) in [5, 5.41) is 16.8. The number of carbonyl (C=O) groups is 2. The van der Waals surface area contributed by atoms with Crippen LogP contribution in [0.25, 0.3) is 10.8 Å². The van der Waals surface area contributed by atoms with E-state index in [4.69, 9.17) is 0 Å². The Morgan fingerprint density at radius 2 is 1.63 bits per heavy atom. The van der Waals surface area contributed by atoms with Crippen molar-refractivity contribution in [3.8, 4) is 0 Å². The molecule has 0 spiro atoms. The van der Waals surface area contributed by atoms with Gasteiger partial charge in [-0.05, 0) is 41.0 Å². The molecule has 0 aliphatic heterocycles. The van der Waals surface area contributed by atoms with Gasteiger partial charge in [-0.2, -0.15) is 13.2 Å². The van der Waals surface area contributed by atoms with E-state index in [1.54, 1.807) is 6.07 Å². The van der Waals surface area contributed by atoms with Crippen LogP contribution in [0.3, 0.4) is 0 Å². The number of hydrogen-bond donors (Lipinski definition) is 3. The van der Waals surface area contributed by atoms with Crippen LogP contribution in [0.5, 0.6) is 0 Å². The van der Waals surface area contributed by atoms with Crippen molar-refractivity contribution in [1.82, 2.24) is 5.32 Å². The molecule has 0 heterocycles. The van der Waals surface area contributed by atoms with Gasteiger partial charge in [0.15, 0.2) is 0 Å². The molecule has 1 atom stereocenters. The first-order valence-corrected chi connectivity index (χ1v) is 9.18. The smallest absolute Gasteiger partial charge is 0.388 e. The molecular weight excluding hydrogens is 397 g/mol. The molecule has 3 N–H and O–H groups in total. The van der Waals surface area contributed by atoms with E-state index in [0.29, 0.717) is 5.56 Å². The molecule has 0 fully saturated rings. The molecule has 3 aromatic rings. The van der Waals surface area contributed by atoms with Crippen LogP contribution in [0.2, 0.25) is 0 Å². The van der Waals surface area contributed by atoms with Gasteiger partial charge in [0, 0.05) is 12.2 Å². The normalized spacial score (nSPS) is 12.4. The third-order valence-electron chi connectivity index (χ3n) is 4.54. The predicted molar refractivity (Wildman–Crippen MR) is 107 cm³/mol. The number of amides is 2. The van der Waals surface area contributed by atoms with E-state index >= 15 is 0 Å². The van der Waals surface area contributed by atoms with Crippen LogP contribution in [0.4, 0.5) is 18.9 Å². The van der Waals surface area contributed by atoms with E-state index in [2.05, 4.69) is 10.6 Å². The van der Waals surface area contributed by atoms with E-state index < -0.39 is 29.7 Å². The highest BCUT2D eigenvalue weighted by atomic mass is 19.4. The van der Waals surface area contributed by atoms with Crippen LogP contribution in [-0.2, 0) is 15.8 Å². The molecule has 2 amide bonds. The number of rotatable bonds is 5. The third-order valence-corrected chi connectivity index (χ3v) is 4.54. The van der Waals surface area contributed by atoms with Crippen molar-refractivity contribution in [2.75, 3.05) is 11.9 Å². The lowest BCUT2D eigenvalue weighted by molar-refractivity contribution is -0.137. The van der Waals surface area contributed by atoms with Gasteiger partial charge in [0.2, 0.25) is 0 Å². The topological polar surface area (TPSA) is 78.4 Å². The Morgan fingerprint density at radius 1 is 0.933 bits per heavy atom. The first-order valence-electron chi connectivity index (χ1n) is 9.18. The van der Waals surface area contributed by atoms with Crippen molar-refractivity contribution in [2.45, 2.75) is 18.7 Å². The Labute approximate surface area is 170 Å². The Bertz CT molecular complexity index is 1060. The summed E-state index contributed by atoms with van der Waals surface area (Å²) < 4.78 is 38.2. The third kappa shape index (κ3) is 5.15. The molecule has 1 unspecified atom stereocenters. The van der Waals surface area contributed by atoms with Gasteiger partial charge < -0.3 is 15.7 Å².